The van der Waals surface area contributed by atoms with Gasteiger partial charge in [0.1, 0.15) is 28.8 Å². The number of carbonyl (C=O) groups excluding carboxylic acids is 1. The van der Waals surface area contributed by atoms with Gasteiger partial charge in [0.15, 0.2) is 0 Å². The summed E-state index contributed by atoms with van der Waals surface area (Å²) in [7, 11) is 3.19. The van der Waals surface area contributed by atoms with E-state index in [4.69, 9.17) is 9.47 Å². The third-order valence-corrected chi connectivity index (χ3v) is 4.93. The Morgan fingerprint density at radius 3 is 2.50 bits per heavy atom. The first kappa shape index (κ1) is 22.7. The molecule has 9 nitrogen and oxygen atoms in total. The van der Waals surface area contributed by atoms with Crippen LogP contribution in [0.4, 0.5) is 15.9 Å². The van der Waals surface area contributed by atoms with Crippen molar-refractivity contribution in [3.8, 4) is 11.5 Å². The Kier molecular flexibility index (Phi) is 6.97. The van der Waals surface area contributed by atoms with Crippen molar-refractivity contribution in [3.05, 3.63) is 89.6 Å². The van der Waals surface area contributed by atoms with Gasteiger partial charge in [0, 0.05) is 18.0 Å². The van der Waals surface area contributed by atoms with E-state index in [2.05, 4.69) is 25.9 Å². The van der Waals surface area contributed by atoms with Crippen molar-refractivity contribution in [2.45, 2.75) is 13.1 Å². The minimum Gasteiger partial charge on any atom is -0.497 e. The smallest absolute Gasteiger partial charge is 0.255 e. The lowest BCUT2D eigenvalue weighted by Gasteiger charge is -2.10. The van der Waals surface area contributed by atoms with Crippen LogP contribution in [0.3, 0.4) is 0 Å². The van der Waals surface area contributed by atoms with Crippen molar-refractivity contribution in [3.63, 3.8) is 0 Å². The number of hydrogen-bond donors (Lipinski definition) is 2. The molecule has 0 aliphatic heterocycles. The molecule has 0 saturated carbocycles. The summed E-state index contributed by atoms with van der Waals surface area (Å²) in [6.45, 7) is 0.647. The van der Waals surface area contributed by atoms with Gasteiger partial charge in [-0.3, -0.25) is 4.79 Å². The van der Waals surface area contributed by atoms with Crippen LogP contribution in [0.2, 0.25) is 0 Å². The van der Waals surface area contributed by atoms with Crippen LogP contribution in [-0.2, 0) is 13.1 Å². The first-order valence-electron chi connectivity index (χ1n) is 10.4. The average molecular weight is 462 g/mol. The lowest BCUT2D eigenvalue weighted by molar-refractivity contribution is 0.0951. The number of benzene rings is 2. The van der Waals surface area contributed by atoms with E-state index in [0.717, 1.165) is 5.56 Å². The fraction of sp³-hybridized carbons (Fsp3) is 0.167. The lowest BCUT2D eigenvalue weighted by Crippen LogP contribution is -2.24. The molecule has 2 aromatic heterocycles. The maximum atomic E-state index is 13.2. The SMILES string of the molecule is COc1cc(Cn2cc(CNC(=O)c3cccnc3Nc3ccc(F)cc3)nn2)cc(OC)c1. The van der Waals surface area contributed by atoms with E-state index in [1.807, 2.05) is 12.1 Å². The van der Waals surface area contributed by atoms with Crippen LogP contribution >= 0.6 is 0 Å². The van der Waals surface area contributed by atoms with Gasteiger partial charge in [-0.1, -0.05) is 5.21 Å². The van der Waals surface area contributed by atoms with Crippen LogP contribution < -0.4 is 20.1 Å². The van der Waals surface area contributed by atoms with Crippen LogP contribution in [0.1, 0.15) is 21.6 Å². The third kappa shape index (κ3) is 5.66. The van der Waals surface area contributed by atoms with E-state index in [-0.39, 0.29) is 18.3 Å². The highest BCUT2D eigenvalue weighted by Gasteiger charge is 2.13. The van der Waals surface area contributed by atoms with Crippen LogP contribution in [-0.4, -0.2) is 40.1 Å². The van der Waals surface area contributed by atoms with Gasteiger partial charge in [-0.25, -0.2) is 14.1 Å². The molecule has 0 aliphatic carbocycles. The lowest BCUT2D eigenvalue weighted by atomic mass is 10.2. The van der Waals surface area contributed by atoms with Crippen molar-refractivity contribution in [1.82, 2.24) is 25.3 Å². The number of rotatable bonds is 9. The summed E-state index contributed by atoms with van der Waals surface area (Å²) < 4.78 is 25.4. The second-order valence-corrected chi connectivity index (χ2v) is 7.34. The molecule has 2 heterocycles. The van der Waals surface area contributed by atoms with Crippen molar-refractivity contribution in [1.29, 1.82) is 0 Å². The Balaban J connectivity index is 1.40. The monoisotopic (exact) mass is 462 g/mol. The van der Waals surface area contributed by atoms with Crippen LogP contribution in [0.25, 0.3) is 0 Å². The number of nitrogens with one attached hydrogen (secondary N) is 2. The molecule has 0 unspecified atom stereocenters. The van der Waals surface area contributed by atoms with E-state index in [1.165, 1.54) is 12.1 Å². The molecule has 34 heavy (non-hydrogen) atoms. The van der Waals surface area contributed by atoms with Crippen molar-refractivity contribution >= 4 is 17.4 Å². The minimum atomic E-state index is -0.344. The number of anilines is 2. The van der Waals surface area contributed by atoms with Gasteiger partial charge in [0.25, 0.3) is 5.91 Å². The summed E-state index contributed by atoms with van der Waals surface area (Å²) in [5.74, 6) is 1.06. The number of nitrogens with zero attached hydrogens (tertiary/aromatic N) is 4. The molecule has 4 rings (SSSR count). The molecule has 2 aromatic carbocycles. The molecule has 4 aromatic rings. The quantitative estimate of drug-likeness (QED) is 0.392. The summed E-state index contributed by atoms with van der Waals surface area (Å²) in [4.78, 5) is 17.0. The molecule has 0 spiro atoms. The Bertz CT molecular complexity index is 1250. The highest BCUT2D eigenvalue weighted by molar-refractivity contribution is 5.99. The Labute approximate surface area is 195 Å². The number of pyridine rings is 1. The zero-order valence-electron chi connectivity index (χ0n) is 18.7. The number of amides is 1. The zero-order valence-corrected chi connectivity index (χ0v) is 18.7. The standard InChI is InChI=1S/C24H23FN6O3/c1-33-20-10-16(11-21(12-20)34-2)14-31-15-19(29-30-31)13-27-24(32)22-4-3-9-26-23(22)28-18-7-5-17(25)6-8-18/h3-12,15H,13-14H2,1-2H3,(H,26,28)(H,27,32). The van der Waals surface area contributed by atoms with E-state index in [9.17, 15) is 9.18 Å². The number of carbonyl (C=O) groups is 1. The van der Waals surface area contributed by atoms with Crippen molar-refractivity contribution in [2.75, 3.05) is 19.5 Å². The predicted molar refractivity (Wildman–Crippen MR) is 124 cm³/mol. The second-order valence-electron chi connectivity index (χ2n) is 7.34. The second kappa shape index (κ2) is 10.4. The highest BCUT2D eigenvalue weighted by atomic mass is 19.1. The number of hydrogen-bond acceptors (Lipinski definition) is 7. The minimum absolute atomic E-state index is 0.186. The van der Waals surface area contributed by atoms with E-state index >= 15 is 0 Å². The van der Waals surface area contributed by atoms with Gasteiger partial charge in [0.2, 0.25) is 0 Å². The zero-order chi connectivity index (χ0) is 23.9. The molecule has 0 radical (unpaired) electrons. The molecule has 1 amide bonds. The molecule has 0 aliphatic rings. The predicted octanol–water partition coefficient (Wildman–Crippen LogP) is 3.55. The fourth-order valence-electron chi connectivity index (χ4n) is 3.27. The fourth-order valence-corrected chi connectivity index (χ4v) is 3.27. The summed E-state index contributed by atoms with van der Waals surface area (Å²) in [6, 6.07) is 14.7. The van der Waals surface area contributed by atoms with E-state index in [1.54, 1.807) is 61.6 Å². The first-order chi connectivity index (χ1) is 16.5. The van der Waals surface area contributed by atoms with Gasteiger partial charge in [-0.05, 0) is 54.1 Å². The summed E-state index contributed by atoms with van der Waals surface area (Å²) in [6.07, 6.45) is 3.33. The molecule has 2 N–H and O–H groups in total. The maximum Gasteiger partial charge on any atom is 0.255 e. The highest BCUT2D eigenvalue weighted by Crippen LogP contribution is 2.23. The molecule has 0 fully saturated rings. The molecule has 0 saturated heterocycles. The molecule has 0 atom stereocenters. The molecule has 174 valence electrons. The molecule has 0 bridgehead atoms. The molecular weight excluding hydrogens is 439 g/mol. The van der Waals surface area contributed by atoms with Gasteiger partial charge in [-0.15, -0.1) is 5.10 Å². The third-order valence-electron chi connectivity index (χ3n) is 4.93. The number of aromatic nitrogens is 4. The summed E-state index contributed by atoms with van der Waals surface area (Å²) in [5, 5.41) is 14.1. The summed E-state index contributed by atoms with van der Waals surface area (Å²) in [5.41, 5.74) is 2.50. The van der Waals surface area contributed by atoms with Crippen molar-refractivity contribution in [2.24, 2.45) is 0 Å². The molecular formula is C24H23FN6O3. The number of ether oxygens (including phenoxy) is 2. The normalized spacial score (nSPS) is 10.6. The van der Waals surface area contributed by atoms with E-state index < -0.39 is 0 Å². The maximum absolute atomic E-state index is 13.2. The van der Waals surface area contributed by atoms with Gasteiger partial charge >= 0.3 is 0 Å². The number of methoxy groups -OCH3 is 2. The number of halogens is 1. The Morgan fingerprint density at radius 1 is 1.06 bits per heavy atom. The van der Waals surface area contributed by atoms with Crippen molar-refractivity contribution < 1.29 is 18.7 Å². The van der Waals surface area contributed by atoms with Crippen LogP contribution in [0, 0.1) is 5.82 Å². The van der Waals surface area contributed by atoms with Gasteiger partial charge in [-0.2, -0.15) is 0 Å². The van der Waals surface area contributed by atoms with Gasteiger partial charge in [0.05, 0.1) is 39.1 Å². The Hall–Kier alpha value is -4.47. The van der Waals surface area contributed by atoms with E-state index in [0.29, 0.717) is 40.8 Å². The Morgan fingerprint density at radius 2 is 1.79 bits per heavy atom. The van der Waals surface area contributed by atoms with Crippen LogP contribution in [0.5, 0.6) is 11.5 Å². The average Bonchev–Trinajstić information content (AvgIpc) is 3.31. The van der Waals surface area contributed by atoms with Gasteiger partial charge < -0.3 is 20.1 Å². The molecule has 10 heteroatoms. The topological polar surface area (TPSA) is 103 Å². The first-order valence-corrected chi connectivity index (χ1v) is 10.4. The summed E-state index contributed by atoms with van der Waals surface area (Å²) >= 11 is 0. The largest absolute Gasteiger partial charge is 0.497 e. The van der Waals surface area contributed by atoms with Crippen LogP contribution in [0.15, 0.2) is 67.0 Å².